The van der Waals surface area contributed by atoms with Gasteiger partial charge in [-0.3, -0.25) is 9.10 Å². The first kappa shape index (κ1) is 22.9. The van der Waals surface area contributed by atoms with E-state index in [4.69, 9.17) is 0 Å². The van der Waals surface area contributed by atoms with Gasteiger partial charge in [-0.1, -0.05) is 36.8 Å². The van der Waals surface area contributed by atoms with Gasteiger partial charge in [-0.2, -0.15) is 0 Å². The Balaban J connectivity index is 2.37. The Morgan fingerprint density at radius 1 is 1.00 bits per heavy atom. The molecule has 0 aromatic heterocycles. The Kier molecular flexibility index (Phi) is 7.11. The van der Waals surface area contributed by atoms with Crippen molar-refractivity contribution in [3.63, 3.8) is 0 Å². The molecule has 2 aromatic carbocycles. The molecular weight excluding hydrogens is 384 g/mol. The fourth-order valence-electron chi connectivity index (χ4n) is 3.54. The molecule has 0 aliphatic carbocycles. The Morgan fingerprint density at radius 2 is 1.62 bits per heavy atom. The van der Waals surface area contributed by atoms with Gasteiger partial charge in [0.15, 0.2) is 0 Å². The van der Waals surface area contributed by atoms with Gasteiger partial charge in [-0.15, -0.1) is 0 Å². The quantitative estimate of drug-likeness (QED) is 0.730. The number of amides is 1. The summed E-state index contributed by atoms with van der Waals surface area (Å²) in [6.07, 6.45) is 1.51. The molecule has 29 heavy (non-hydrogen) atoms. The van der Waals surface area contributed by atoms with Crippen molar-refractivity contribution in [3.8, 4) is 0 Å². The molecule has 6 heteroatoms. The molecule has 1 amide bonds. The predicted molar refractivity (Wildman–Crippen MR) is 120 cm³/mol. The molecule has 0 heterocycles. The van der Waals surface area contributed by atoms with Gasteiger partial charge >= 0.3 is 0 Å². The zero-order valence-corrected chi connectivity index (χ0v) is 19.2. The van der Waals surface area contributed by atoms with Crippen molar-refractivity contribution in [1.29, 1.82) is 0 Å². The second-order valence-corrected chi connectivity index (χ2v) is 9.70. The third-order valence-electron chi connectivity index (χ3n) is 5.33. The lowest BCUT2D eigenvalue weighted by Gasteiger charge is -2.31. The molecule has 0 saturated heterocycles. The predicted octanol–water partition coefficient (Wildman–Crippen LogP) is 4.34. The monoisotopic (exact) mass is 416 g/mol. The molecule has 5 nitrogen and oxygen atoms in total. The molecular formula is C23H32N2O3S. The Morgan fingerprint density at radius 3 is 2.17 bits per heavy atom. The minimum atomic E-state index is -3.65. The molecule has 0 aliphatic rings. The Hall–Kier alpha value is -2.34. The van der Waals surface area contributed by atoms with Crippen LogP contribution in [-0.4, -0.2) is 26.6 Å². The molecule has 0 fully saturated rings. The highest BCUT2D eigenvalue weighted by Crippen LogP contribution is 2.26. The number of anilines is 1. The number of sulfonamides is 1. The van der Waals surface area contributed by atoms with Crippen LogP contribution in [0, 0.1) is 27.7 Å². The number of benzene rings is 2. The lowest BCUT2D eigenvalue weighted by Crippen LogP contribution is -2.49. The zero-order valence-electron chi connectivity index (χ0n) is 18.4. The van der Waals surface area contributed by atoms with Crippen molar-refractivity contribution in [2.75, 3.05) is 10.6 Å². The third kappa shape index (κ3) is 5.38. The molecule has 0 unspecified atom stereocenters. The van der Waals surface area contributed by atoms with Gasteiger partial charge < -0.3 is 5.32 Å². The highest BCUT2D eigenvalue weighted by Gasteiger charge is 2.32. The molecule has 0 bridgehead atoms. The SMILES string of the molecule is CC[C@H](C(=O)N[C@@H](C)c1cc(C)ccc1C)N(c1ccc(C)c(C)c1)S(C)(=O)=O. The summed E-state index contributed by atoms with van der Waals surface area (Å²) < 4.78 is 26.5. The van der Waals surface area contributed by atoms with Crippen molar-refractivity contribution in [1.82, 2.24) is 5.32 Å². The molecule has 2 rings (SSSR count). The van der Waals surface area contributed by atoms with Gasteiger partial charge in [0.25, 0.3) is 0 Å². The van der Waals surface area contributed by atoms with Crippen LogP contribution in [0.5, 0.6) is 0 Å². The zero-order chi connectivity index (χ0) is 21.9. The normalized spacial score (nSPS) is 13.6. The summed E-state index contributed by atoms with van der Waals surface area (Å²) in [5.74, 6) is -0.301. The Bertz CT molecular complexity index is 999. The minimum absolute atomic E-state index is 0.224. The number of carbonyl (C=O) groups is 1. The fraction of sp³-hybridized carbons (Fsp3) is 0.435. The lowest BCUT2D eigenvalue weighted by atomic mass is 9.99. The summed E-state index contributed by atoms with van der Waals surface area (Å²) in [7, 11) is -3.65. The standard InChI is InChI=1S/C23H32N2O3S/c1-8-22(23(26)24-19(6)21-13-15(2)9-10-17(21)4)25(29(7,27)28)20-12-11-16(3)18(5)14-20/h9-14,19,22H,8H2,1-7H3,(H,24,26)/t19-,22+/m0/s1. The molecule has 0 aliphatic heterocycles. The van der Waals surface area contributed by atoms with Gasteiger partial charge in [-0.05, 0) is 75.4 Å². The van der Waals surface area contributed by atoms with Crippen LogP contribution in [0.25, 0.3) is 0 Å². The lowest BCUT2D eigenvalue weighted by molar-refractivity contribution is -0.122. The number of hydrogen-bond donors (Lipinski definition) is 1. The second-order valence-electron chi connectivity index (χ2n) is 7.84. The third-order valence-corrected chi connectivity index (χ3v) is 6.51. The van der Waals surface area contributed by atoms with Crippen LogP contribution in [0.4, 0.5) is 5.69 Å². The van der Waals surface area contributed by atoms with Crippen molar-refractivity contribution in [2.45, 2.75) is 60.0 Å². The average Bonchev–Trinajstić information content (AvgIpc) is 2.62. The van der Waals surface area contributed by atoms with Crippen molar-refractivity contribution in [3.05, 3.63) is 64.2 Å². The number of nitrogens with zero attached hydrogens (tertiary/aromatic N) is 1. The van der Waals surface area contributed by atoms with E-state index in [0.717, 1.165) is 34.1 Å². The smallest absolute Gasteiger partial charge is 0.244 e. The summed E-state index contributed by atoms with van der Waals surface area (Å²) in [5.41, 5.74) is 5.80. The number of carbonyl (C=O) groups excluding carboxylic acids is 1. The van der Waals surface area contributed by atoms with E-state index in [1.807, 2.05) is 65.8 Å². The fourth-order valence-corrected chi connectivity index (χ4v) is 4.74. The van der Waals surface area contributed by atoms with Crippen molar-refractivity contribution < 1.29 is 13.2 Å². The van der Waals surface area contributed by atoms with E-state index in [0.29, 0.717) is 12.1 Å². The maximum Gasteiger partial charge on any atom is 0.244 e. The van der Waals surface area contributed by atoms with Crippen LogP contribution in [0.3, 0.4) is 0 Å². The number of nitrogens with one attached hydrogen (secondary N) is 1. The van der Waals surface area contributed by atoms with E-state index in [-0.39, 0.29) is 11.9 Å². The van der Waals surface area contributed by atoms with E-state index in [2.05, 4.69) is 11.4 Å². The number of aryl methyl sites for hydroxylation is 4. The van der Waals surface area contributed by atoms with Crippen LogP contribution in [-0.2, 0) is 14.8 Å². The van der Waals surface area contributed by atoms with E-state index in [1.165, 1.54) is 4.31 Å². The summed E-state index contributed by atoms with van der Waals surface area (Å²) in [6, 6.07) is 10.5. The highest BCUT2D eigenvalue weighted by molar-refractivity contribution is 7.92. The Labute approximate surface area is 175 Å². The minimum Gasteiger partial charge on any atom is -0.348 e. The summed E-state index contributed by atoms with van der Waals surface area (Å²) in [5, 5.41) is 3.02. The maximum absolute atomic E-state index is 13.2. The van der Waals surface area contributed by atoms with Gasteiger partial charge in [0.2, 0.25) is 15.9 Å². The number of rotatable bonds is 7. The molecule has 0 radical (unpaired) electrons. The van der Waals surface area contributed by atoms with Crippen LogP contribution < -0.4 is 9.62 Å². The van der Waals surface area contributed by atoms with Gasteiger partial charge in [-0.25, -0.2) is 8.42 Å². The van der Waals surface area contributed by atoms with Gasteiger partial charge in [0.1, 0.15) is 6.04 Å². The first-order valence-electron chi connectivity index (χ1n) is 9.89. The van der Waals surface area contributed by atoms with E-state index in [9.17, 15) is 13.2 Å². The van der Waals surface area contributed by atoms with Crippen LogP contribution in [0.15, 0.2) is 36.4 Å². The van der Waals surface area contributed by atoms with E-state index < -0.39 is 16.1 Å². The van der Waals surface area contributed by atoms with Crippen molar-refractivity contribution >= 4 is 21.6 Å². The molecule has 1 N–H and O–H groups in total. The van der Waals surface area contributed by atoms with Crippen LogP contribution in [0.2, 0.25) is 0 Å². The second kappa shape index (κ2) is 8.99. The topological polar surface area (TPSA) is 66.5 Å². The molecule has 2 atom stereocenters. The largest absolute Gasteiger partial charge is 0.348 e. The van der Waals surface area contributed by atoms with Crippen LogP contribution in [0.1, 0.15) is 54.1 Å². The molecule has 2 aromatic rings. The summed E-state index contributed by atoms with van der Waals surface area (Å²) in [6.45, 7) is 11.7. The van der Waals surface area contributed by atoms with Crippen LogP contribution >= 0.6 is 0 Å². The molecule has 158 valence electrons. The summed E-state index contributed by atoms with van der Waals surface area (Å²) >= 11 is 0. The van der Waals surface area contributed by atoms with E-state index in [1.54, 1.807) is 6.07 Å². The van der Waals surface area contributed by atoms with Gasteiger partial charge in [0, 0.05) is 0 Å². The van der Waals surface area contributed by atoms with Gasteiger partial charge in [0.05, 0.1) is 18.0 Å². The number of hydrogen-bond acceptors (Lipinski definition) is 3. The first-order valence-corrected chi connectivity index (χ1v) is 11.7. The summed E-state index contributed by atoms with van der Waals surface area (Å²) in [4.78, 5) is 13.2. The maximum atomic E-state index is 13.2. The average molecular weight is 417 g/mol. The van der Waals surface area contributed by atoms with Crippen molar-refractivity contribution in [2.24, 2.45) is 0 Å². The van der Waals surface area contributed by atoms with E-state index >= 15 is 0 Å². The molecule has 0 spiro atoms. The first-order chi connectivity index (χ1) is 13.5. The highest BCUT2D eigenvalue weighted by atomic mass is 32.2. The molecule has 0 saturated carbocycles.